The van der Waals surface area contributed by atoms with Crippen molar-refractivity contribution in [3.8, 4) is 11.5 Å². The second-order valence-electron chi connectivity index (χ2n) is 7.40. The molecule has 2 rings (SSSR count). The van der Waals surface area contributed by atoms with Crippen LogP contribution in [-0.4, -0.2) is 57.7 Å². The first-order valence-electron chi connectivity index (χ1n) is 10.5. The second kappa shape index (κ2) is 14.5. The summed E-state index contributed by atoms with van der Waals surface area (Å²) in [7, 11) is 5.11. The summed E-state index contributed by atoms with van der Waals surface area (Å²) >= 11 is 0. The van der Waals surface area contributed by atoms with Crippen LogP contribution in [0.3, 0.4) is 0 Å². The van der Waals surface area contributed by atoms with Crippen LogP contribution in [0, 0.1) is 6.92 Å². The Hall–Kier alpha value is -2.49. The molecular formula is C24H35IN4O3. The molecule has 0 bridgehead atoms. The number of nitrogens with zero attached hydrogens (tertiary/aromatic N) is 2. The molecule has 1 amide bonds. The van der Waals surface area contributed by atoms with Crippen molar-refractivity contribution in [2.45, 2.75) is 26.8 Å². The number of aryl methyl sites for hydroxylation is 1. The first-order chi connectivity index (χ1) is 14.9. The molecule has 0 aromatic heterocycles. The Balaban J connectivity index is 0.00000512. The van der Waals surface area contributed by atoms with Crippen LogP contribution in [0.15, 0.2) is 47.5 Å². The van der Waals surface area contributed by atoms with Crippen LogP contribution in [-0.2, 0) is 17.8 Å². The first-order valence-corrected chi connectivity index (χ1v) is 10.5. The van der Waals surface area contributed by atoms with E-state index in [1.807, 2.05) is 38.1 Å². The minimum Gasteiger partial charge on any atom is -0.496 e. The van der Waals surface area contributed by atoms with E-state index in [2.05, 4.69) is 33.8 Å². The second-order valence-corrected chi connectivity index (χ2v) is 7.40. The molecule has 0 heterocycles. The summed E-state index contributed by atoms with van der Waals surface area (Å²) in [6.07, 6.45) is 0.865. The predicted octanol–water partition coefficient (Wildman–Crippen LogP) is 3.39. The van der Waals surface area contributed by atoms with Crippen molar-refractivity contribution in [1.29, 1.82) is 0 Å². The zero-order valence-electron chi connectivity index (χ0n) is 19.6. The number of hydrogen-bond donors (Lipinski definition) is 2. The number of benzene rings is 2. The fraction of sp³-hybridized carbons (Fsp3) is 0.417. The molecule has 0 fully saturated rings. The number of hydrogen-bond acceptors (Lipinski definition) is 4. The van der Waals surface area contributed by atoms with Gasteiger partial charge in [0.25, 0.3) is 5.91 Å². The van der Waals surface area contributed by atoms with Gasteiger partial charge >= 0.3 is 0 Å². The van der Waals surface area contributed by atoms with Crippen LogP contribution in [0.1, 0.15) is 23.6 Å². The number of nitrogens with one attached hydrogen (secondary N) is 2. The van der Waals surface area contributed by atoms with Crippen molar-refractivity contribution < 1.29 is 14.3 Å². The Labute approximate surface area is 208 Å². The molecule has 2 aromatic carbocycles. The molecule has 2 aromatic rings. The topological polar surface area (TPSA) is 75.2 Å². The zero-order chi connectivity index (χ0) is 22.6. The van der Waals surface area contributed by atoms with E-state index in [0.29, 0.717) is 12.3 Å². The number of amides is 1. The standard InChI is InChI=1S/C24H34N4O3.HI/c1-6-25-24(26-13-12-19-11-10-18(2)22(15-19)30-5)27-16-20-8-7-9-21(14-20)31-17-23(29)28(3)4;/h7-11,14-15H,6,12-13,16-17H2,1-5H3,(H2,25,26,27);1H. The molecule has 0 saturated heterocycles. The van der Waals surface area contributed by atoms with E-state index >= 15 is 0 Å². The molecule has 176 valence electrons. The smallest absolute Gasteiger partial charge is 0.259 e. The van der Waals surface area contributed by atoms with E-state index in [9.17, 15) is 4.79 Å². The summed E-state index contributed by atoms with van der Waals surface area (Å²) in [6.45, 7) is 6.14. The first kappa shape index (κ1) is 27.5. The Morgan fingerprint density at radius 1 is 1.09 bits per heavy atom. The van der Waals surface area contributed by atoms with Gasteiger partial charge in [-0.3, -0.25) is 4.79 Å². The molecule has 0 saturated carbocycles. The molecule has 7 nitrogen and oxygen atoms in total. The number of methoxy groups -OCH3 is 1. The molecule has 8 heteroatoms. The van der Waals surface area contributed by atoms with Crippen molar-refractivity contribution in [3.63, 3.8) is 0 Å². The van der Waals surface area contributed by atoms with Crippen LogP contribution >= 0.6 is 24.0 Å². The molecule has 0 unspecified atom stereocenters. The largest absolute Gasteiger partial charge is 0.496 e. The van der Waals surface area contributed by atoms with Gasteiger partial charge in [0, 0.05) is 27.2 Å². The maximum absolute atomic E-state index is 11.7. The van der Waals surface area contributed by atoms with E-state index in [-0.39, 0.29) is 36.5 Å². The molecule has 2 N–H and O–H groups in total. The maximum Gasteiger partial charge on any atom is 0.259 e. The highest BCUT2D eigenvalue weighted by Crippen LogP contribution is 2.19. The van der Waals surface area contributed by atoms with Crippen molar-refractivity contribution in [2.24, 2.45) is 4.99 Å². The minimum atomic E-state index is -0.0757. The highest BCUT2D eigenvalue weighted by atomic mass is 127. The molecular weight excluding hydrogens is 519 g/mol. The van der Waals surface area contributed by atoms with E-state index in [1.54, 1.807) is 21.2 Å². The van der Waals surface area contributed by atoms with Crippen LogP contribution in [0.25, 0.3) is 0 Å². The fourth-order valence-corrected chi connectivity index (χ4v) is 2.87. The summed E-state index contributed by atoms with van der Waals surface area (Å²) in [5, 5.41) is 6.65. The maximum atomic E-state index is 11.7. The van der Waals surface area contributed by atoms with Gasteiger partial charge in [-0.2, -0.15) is 0 Å². The molecule has 0 aliphatic rings. The number of guanidine groups is 1. The summed E-state index contributed by atoms with van der Waals surface area (Å²) < 4.78 is 11.0. The van der Waals surface area contributed by atoms with E-state index in [1.165, 1.54) is 10.5 Å². The van der Waals surface area contributed by atoms with Crippen LogP contribution < -0.4 is 20.1 Å². The lowest BCUT2D eigenvalue weighted by molar-refractivity contribution is -0.130. The zero-order valence-corrected chi connectivity index (χ0v) is 21.9. The van der Waals surface area contributed by atoms with Crippen LogP contribution in [0.4, 0.5) is 0 Å². The van der Waals surface area contributed by atoms with Crippen LogP contribution in [0.2, 0.25) is 0 Å². The molecule has 0 aliphatic heterocycles. The van der Waals surface area contributed by atoms with Crippen molar-refractivity contribution in [3.05, 3.63) is 59.2 Å². The molecule has 0 radical (unpaired) electrons. The number of ether oxygens (including phenoxy) is 2. The Morgan fingerprint density at radius 3 is 2.56 bits per heavy atom. The van der Waals surface area contributed by atoms with E-state index < -0.39 is 0 Å². The lowest BCUT2D eigenvalue weighted by atomic mass is 10.1. The Kier molecular flexibility index (Phi) is 12.5. The van der Waals surface area contributed by atoms with Gasteiger partial charge in [-0.05, 0) is 55.2 Å². The number of rotatable bonds is 10. The predicted molar refractivity (Wildman–Crippen MR) is 140 cm³/mol. The minimum absolute atomic E-state index is 0. The van der Waals surface area contributed by atoms with Gasteiger partial charge in [0.2, 0.25) is 0 Å². The number of likely N-dealkylation sites (N-methyl/N-ethyl adjacent to an activating group) is 1. The van der Waals surface area contributed by atoms with Crippen molar-refractivity contribution in [1.82, 2.24) is 15.5 Å². The third-order valence-corrected chi connectivity index (χ3v) is 4.70. The van der Waals surface area contributed by atoms with Gasteiger partial charge in [-0.1, -0.05) is 24.3 Å². The third-order valence-electron chi connectivity index (χ3n) is 4.70. The van der Waals surface area contributed by atoms with E-state index in [0.717, 1.165) is 42.3 Å². The summed E-state index contributed by atoms with van der Waals surface area (Å²) in [6, 6.07) is 13.9. The quantitative estimate of drug-likeness (QED) is 0.268. The lowest BCUT2D eigenvalue weighted by Crippen LogP contribution is -2.38. The van der Waals surface area contributed by atoms with Gasteiger partial charge in [0.15, 0.2) is 12.6 Å². The summed E-state index contributed by atoms with van der Waals surface area (Å²) in [4.78, 5) is 17.9. The molecule has 0 spiro atoms. The van der Waals surface area contributed by atoms with Crippen molar-refractivity contribution in [2.75, 3.05) is 40.9 Å². The van der Waals surface area contributed by atoms with Crippen molar-refractivity contribution >= 4 is 35.8 Å². The third kappa shape index (κ3) is 9.33. The Bertz CT molecular complexity index is 887. The number of aliphatic imine (C=N–C) groups is 1. The van der Waals surface area contributed by atoms with Gasteiger partial charge in [-0.15, -0.1) is 24.0 Å². The SMILES string of the molecule is CCNC(=NCc1cccc(OCC(=O)N(C)C)c1)NCCc1ccc(C)c(OC)c1.I. The number of carbonyl (C=O) groups is 1. The normalized spacial score (nSPS) is 10.7. The van der Waals surface area contributed by atoms with Gasteiger partial charge in [0.05, 0.1) is 13.7 Å². The average molecular weight is 554 g/mol. The fourth-order valence-electron chi connectivity index (χ4n) is 2.87. The molecule has 32 heavy (non-hydrogen) atoms. The Morgan fingerprint density at radius 2 is 1.88 bits per heavy atom. The molecule has 0 atom stereocenters. The molecule has 0 aliphatic carbocycles. The van der Waals surface area contributed by atoms with Gasteiger partial charge in [0.1, 0.15) is 11.5 Å². The number of halogens is 1. The van der Waals surface area contributed by atoms with E-state index in [4.69, 9.17) is 9.47 Å². The highest BCUT2D eigenvalue weighted by molar-refractivity contribution is 14.0. The van der Waals surface area contributed by atoms with Gasteiger partial charge < -0.3 is 25.0 Å². The lowest BCUT2D eigenvalue weighted by Gasteiger charge is -2.13. The summed E-state index contributed by atoms with van der Waals surface area (Å²) in [5.74, 6) is 2.26. The average Bonchev–Trinajstić information content (AvgIpc) is 2.77. The number of carbonyl (C=O) groups excluding carboxylic acids is 1. The highest BCUT2D eigenvalue weighted by Gasteiger charge is 2.06. The monoisotopic (exact) mass is 554 g/mol. The summed E-state index contributed by atoms with van der Waals surface area (Å²) in [5.41, 5.74) is 3.35. The van der Waals surface area contributed by atoms with Crippen LogP contribution in [0.5, 0.6) is 11.5 Å². The van der Waals surface area contributed by atoms with Gasteiger partial charge in [-0.25, -0.2) is 4.99 Å².